The maximum absolute atomic E-state index is 13.7. The quantitative estimate of drug-likeness (QED) is 0.530. The number of amides is 2. The zero-order chi connectivity index (χ0) is 25.4. The number of fused-ring (bicyclic) bond motifs is 1. The van der Waals surface area contributed by atoms with Crippen LogP contribution in [0.5, 0.6) is 5.75 Å². The Bertz CT molecular complexity index is 1330. The number of benzene rings is 1. The second-order valence-electron chi connectivity index (χ2n) is 9.62. The fraction of sp³-hybridized carbons (Fsp3) is 0.393. The van der Waals surface area contributed by atoms with Crippen LogP contribution < -0.4 is 10.3 Å². The number of pyridine rings is 1. The van der Waals surface area contributed by atoms with E-state index in [2.05, 4.69) is 0 Å². The van der Waals surface area contributed by atoms with Crippen LogP contribution in [-0.2, 0) is 23.2 Å². The van der Waals surface area contributed by atoms with E-state index in [0.717, 1.165) is 18.4 Å². The molecule has 1 atom stereocenters. The fourth-order valence-electron chi connectivity index (χ4n) is 5.23. The monoisotopic (exact) mass is 489 g/mol. The molecule has 2 amide bonds. The molecule has 188 valence electrons. The van der Waals surface area contributed by atoms with E-state index >= 15 is 0 Å². The number of carbonyl (C=O) groups excluding carboxylic acids is 2. The van der Waals surface area contributed by atoms with Crippen LogP contribution in [0.25, 0.3) is 0 Å². The topological polar surface area (TPSA) is 85.0 Å². The van der Waals surface area contributed by atoms with Crippen LogP contribution in [0.15, 0.2) is 64.0 Å². The number of carbonyl (C=O) groups is 2. The first-order chi connectivity index (χ1) is 17.4. The Kier molecular flexibility index (Phi) is 6.20. The third kappa shape index (κ3) is 4.00. The number of nitrogens with zero attached hydrogens (tertiary/aromatic N) is 3. The van der Waals surface area contributed by atoms with Crippen molar-refractivity contribution in [3.8, 4) is 5.75 Å². The van der Waals surface area contributed by atoms with Gasteiger partial charge in [-0.15, -0.1) is 0 Å². The van der Waals surface area contributed by atoms with Gasteiger partial charge in [-0.3, -0.25) is 14.4 Å². The van der Waals surface area contributed by atoms with Gasteiger partial charge in [-0.2, -0.15) is 0 Å². The van der Waals surface area contributed by atoms with Gasteiger partial charge in [-0.1, -0.05) is 30.3 Å². The smallest absolute Gasteiger partial charge is 0.259 e. The van der Waals surface area contributed by atoms with E-state index < -0.39 is 5.41 Å². The molecule has 1 aliphatic carbocycles. The van der Waals surface area contributed by atoms with Crippen LogP contribution in [-0.4, -0.2) is 53.4 Å². The Morgan fingerprint density at radius 1 is 1.08 bits per heavy atom. The molecule has 5 rings (SSSR count). The lowest BCUT2D eigenvalue weighted by Crippen LogP contribution is -2.41. The summed E-state index contributed by atoms with van der Waals surface area (Å²) in [6.07, 6.45) is 3.61. The highest BCUT2D eigenvalue weighted by Crippen LogP contribution is 2.49. The van der Waals surface area contributed by atoms with E-state index in [0.29, 0.717) is 43.1 Å². The Morgan fingerprint density at radius 2 is 1.83 bits per heavy atom. The van der Waals surface area contributed by atoms with Crippen molar-refractivity contribution < 1.29 is 18.7 Å². The van der Waals surface area contributed by atoms with Gasteiger partial charge in [0.2, 0.25) is 5.91 Å². The summed E-state index contributed by atoms with van der Waals surface area (Å²) in [7, 11) is 3.17. The van der Waals surface area contributed by atoms with Crippen molar-refractivity contribution in [2.45, 2.75) is 44.2 Å². The van der Waals surface area contributed by atoms with E-state index in [4.69, 9.17) is 9.15 Å². The van der Waals surface area contributed by atoms with Gasteiger partial charge < -0.3 is 23.5 Å². The number of hydrogen-bond donors (Lipinski definition) is 0. The maximum atomic E-state index is 13.7. The molecule has 0 N–H and O–H groups in total. The van der Waals surface area contributed by atoms with Crippen molar-refractivity contribution in [3.05, 3.63) is 87.7 Å². The van der Waals surface area contributed by atoms with E-state index in [-0.39, 0.29) is 29.2 Å². The van der Waals surface area contributed by atoms with Gasteiger partial charge in [0.15, 0.2) is 0 Å². The summed E-state index contributed by atoms with van der Waals surface area (Å²) in [6.45, 7) is 3.05. The molecule has 1 fully saturated rings. The molecule has 0 spiro atoms. The van der Waals surface area contributed by atoms with Crippen LogP contribution in [0.2, 0.25) is 0 Å². The molecule has 8 nitrogen and oxygen atoms in total. The molecule has 3 aromatic rings. The summed E-state index contributed by atoms with van der Waals surface area (Å²) in [5.41, 5.74) is 1.29. The lowest BCUT2D eigenvalue weighted by atomic mass is 9.94. The van der Waals surface area contributed by atoms with Crippen LogP contribution in [0, 0.1) is 0 Å². The normalized spacial score (nSPS) is 17.0. The van der Waals surface area contributed by atoms with E-state index in [1.165, 1.54) is 13.2 Å². The third-order valence-corrected chi connectivity index (χ3v) is 7.66. The minimum Gasteiger partial charge on any atom is -0.496 e. The molecule has 1 unspecified atom stereocenters. The number of hydrogen-bond acceptors (Lipinski definition) is 5. The molecular weight excluding hydrogens is 458 g/mol. The average molecular weight is 490 g/mol. The molecule has 2 aliphatic rings. The summed E-state index contributed by atoms with van der Waals surface area (Å²) in [6, 6.07) is 14.6. The Labute approximate surface area is 210 Å². The Hall–Kier alpha value is -3.81. The predicted octanol–water partition coefficient (Wildman–Crippen LogP) is 3.40. The van der Waals surface area contributed by atoms with Crippen molar-refractivity contribution in [2.75, 3.05) is 27.2 Å². The maximum Gasteiger partial charge on any atom is 0.259 e. The van der Waals surface area contributed by atoms with Crippen molar-refractivity contribution in [1.29, 1.82) is 0 Å². The first-order valence-electron chi connectivity index (χ1n) is 12.3. The molecule has 8 heteroatoms. The summed E-state index contributed by atoms with van der Waals surface area (Å²) in [5.74, 6) is 0.745. The highest BCUT2D eigenvalue weighted by Gasteiger charge is 2.53. The molecule has 0 bridgehead atoms. The van der Waals surface area contributed by atoms with E-state index in [1.54, 1.807) is 28.8 Å². The number of ether oxygens (including phenoxy) is 1. The number of rotatable bonds is 6. The minimum atomic E-state index is -0.474. The molecular formula is C28H31N3O5. The largest absolute Gasteiger partial charge is 0.496 e. The van der Waals surface area contributed by atoms with Crippen LogP contribution in [0.3, 0.4) is 0 Å². The van der Waals surface area contributed by atoms with E-state index in [9.17, 15) is 14.4 Å². The van der Waals surface area contributed by atoms with Gasteiger partial charge in [0.1, 0.15) is 17.1 Å². The summed E-state index contributed by atoms with van der Waals surface area (Å²) < 4.78 is 12.6. The average Bonchev–Trinajstić information content (AvgIpc) is 3.60. The Balaban J connectivity index is 1.45. The number of furan rings is 1. The highest BCUT2D eigenvalue weighted by molar-refractivity contribution is 5.98. The number of aromatic nitrogens is 1. The summed E-state index contributed by atoms with van der Waals surface area (Å²) >= 11 is 0. The molecule has 1 saturated carbocycles. The van der Waals surface area contributed by atoms with Crippen molar-refractivity contribution in [1.82, 2.24) is 14.4 Å². The van der Waals surface area contributed by atoms with Crippen molar-refractivity contribution >= 4 is 11.8 Å². The lowest BCUT2D eigenvalue weighted by Gasteiger charge is -2.26. The SMILES string of the molecule is COc1cc(=O)n2c(c1C(=O)N(C)C(C)c1ccco1)CCN(C(=O)C1(c3ccccc3)CC1)CC2. The van der Waals surface area contributed by atoms with Crippen molar-refractivity contribution in [3.63, 3.8) is 0 Å². The highest BCUT2D eigenvalue weighted by atomic mass is 16.5. The zero-order valence-electron chi connectivity index (χ0n) is 20.9. The number of methoxy groups -OCH3 is 1. The molecule has 36 heavy (non-hydrogen) atoms. The van der Waals surface area contributed by atoms with Gasteiger partial charge in [-0.05, 0) is 37.5 Å². The van der Waals surface area contributed by atoms with Crippen LogP contribution in [0.4, 0.5) is 0 Å². The van der Waals surface area contributed by atoms with Crippen LogP contribution >= 0.6 is 0 Å². The second kappa shape index (κ2) is 9.33. The lowest BCUT2D eigenvalue weighted by molar-refractivity contribution is -0.134. The molecule has 3 heterocycles. The summed E-state index contributed by atoms with van der Waals surface area (Å²) in [4.78, 5) is 43.9. The molecule has 0 saturated heterocycles. The standard InChI is InChI=1S/C28H31N3O5/c1-19(22-10-7-17-36-22)29(2)26(33)25-21-11-14-30(15-16-31(21)24(32)18-23(25)35-3)27(34)28(12-13-28)20-8-5-4-6-9-20/h4-10,17-19H,11-16H2,1-3H3. The van der Waals surface area contributed by atoms with Gasteiger partial charge in [0, 0.05) is 44.9 Å². The third-order valence-electron chi connectivity index (χ3n) is 7.66. The summed E-state index contributed by atoms with van der Waals surface area (Å²) in [5, 5.41) is 0. The van der Waals surface area contributed by atoms with E-state index in [1.807, 2.05) is 48.2 Å². The first-order valence-corrected chi connectivity index (χ1v) is 12.3. The molecule has 1 aromatic carbocycles. The molecule has 0 radical (unpaired) electrons. The molecule has 1 aliphatic heterocycles. The second-order valence-corrected chi connectivity index (χ2v) is 9.62. The van der Waals surface area contributed by atoms with Gasteiger partial charge in [0.05, 0.1) is 24.8 Å². The van der Waals surface area contributed by atoms with Gasteiger partial charge in [-0.25, -0.2) is 0 Å². The minimum absolute atomic E-state index is 0.0953. The van der Waals surface area contributed by atoms with Crippen LogP contribution in [0.1, 0.15) is 53.2 Å². The fourth-order valence-corrected chi connectivity index (χ4v) is 5.23. The molecule has 2 aromatic heterocycles. The predicted molar refractivity (Wildman–Crippen MR) is 134 cm³/mol. The van der Waals surface area contributed by atoms with Crippen molar-refractivity contribution in [2.24, 2.45) is 0 Å². The first kappa shape index (κ1) is 23.9. The van der Waals surface area contributed by atoms with Gasteiger partial charge in [0.25, 0.3) is 11.5 Å². The Morgan fingerprint density at radius 3 is 2.47 bits per heavy atom. The zero-order valence-corrected chi connectivity index (χ0v) is 20.9. The van der Waals surface area contributed by atoms with Gasteiger partial charge >= 0.3 is 0 Å².